The summed E-state index contributed by atoms with van der Waals surface area (Å²) < 4.78 is 0. The Morgan fingerprint density at radius 2 is 2.00 bits per heavy atom. The molecule has 0 bridgehead atoms. The lowest BCUT2D eigenvalue weighted by molar-refractivity contribution is 0.0829. The topological polar surface area (TPSA) is 57.3 Å². The summed E-state index contributed by atoms with van der Waals surface area (Å²) in [6.07, 6.45) is 3.96. The molecule has 6 heteroatoms. The molecule has 0 unspecified atom stereocenters. The first kappa shape index (κ1) is 17.5. The largest absolute Gasteiger partial charge is 0.382 e. The van der Waals surface area contributed by atoms with Gasteiger partial charge in [-0.05, 0) is 50.2 Å². The van der Waals surface area contributed by atoms with Crippen molar-refractivity contribution in [3.63, 3.8) is 0 Å². The molecule has 0 spiro atoms. The third kappa shape index (κ3) is 3.74. The van der Waals surface area contributed by atoms with Gasteiger partial charge in [-0.1, -0.05) is 0 Å². The number of piperidine rings is 1. The lowest BCUT2D eigenvalue weighted by Gasteiger charge is -2.25. The van der Waals surface area contributed by atoms with E-state index in [4.69, 9.17) is 0 Å². The second-order valence-corrected chi connectivity index (χ2v) is 5.93. The Bertz CT molecular complexity index is 683. The number of hydrogen-bond donors (Lipinski definition) is 2. The second-order valence-electron chi connectivity index (χ2n) is 5.93. The Hall–Kier alpha value is -1.85. The van der Waals surface area contributed by atoms with Gasteiger partial charge in [0.25, 0.3) is 5.91 Å². The quantitative estimate of drug-likeness (QED) is 0.905. The Morgan fingerprint density at radius 1 is 1.26 bits per heavy atom. The van der Waals surface area contributed by atoms with Crippen LogP contribution in [0.4, 0.5) is 5.69 Å². The number of nitrogens with zero attached hydrogens (tertiary/aromatic N) is 2. The van der Waals surface area contributed by atoms with Crippen LogP contribution in [0, 0.1) is 0 Å². The number of halogens is 1. The van der Waals surface area contributed by atoms with Crippen LogP contribution in [0.2, 0.25) is 0 Å². The molecule has 2 heterocycles. The van der Waals surface area contributed by atoms with E-state index in [0.29, 0.717) is 11.6 Å². The van der Waals surface area contributed by atoms with Gasteiger partial charge in [0.1, 0.15) is 0 Å². The van der Waals surface area contributed by atoms with Crippen molar-refractivity contribution in [2.24, 2.45) is 0 Å². The lowest BCUT2D eigenvalue weighted by atomic mass is 10.0. The molecule has 1 aliphatic rings. The van der Waals surface area contributed by atoms with Gasteiger partial charge in [-0.3, -0.25) is 9.78 Å². The fraction of sp³-hybridized carbons (Fsp3) is 0.412. The van der Waals surface area contributed by atoms with Crippen molar-refractivity contribution in [3.8, 4) is 0 Å². The van der Waals surface area contributed by atoms with Gasteiger partial charge < -0.3 is 15.5 Å². The van der Waals surface area contributed by atoms with Crippen molar-refractivity contribution in [1.29, 1.82) is 0 Å². The SMILES string of the molecule is CN(C)C(=O)c1ccc(NC2CCNCC2)c2cccnc12.Cl. The molecule has 1 aromatic heterocycles. The first-order valence-corrected chi connectivity index (χ1v) is 7.73. The van der Waals surface area contributed by atoms with Gasteiger partial charge in [0.15, 0.2) is 0 Å². The molecule has 1 fully saturated rings. The van der Waals surface area contributed by atoms with Gasteiger partial charge in [-0.15, -0.1) is 12.4 Å². The summed E-state index contributed by atoms with van der Waals surface area (Å²) in [6, 6.07) is 8.29. The molecule has 0 atom stereocenters. The smallest absolute Gasteiger partial charge is 0.255 e. The van der Waals surface area contributed by atoms with Gasteiger partial charge in [0, 0.05) is 37.4 Å². The molecule has 0 radical (unpaired) electrons. The number of nitrogens with one attached hydrogen (secondary N) is 2. The van der Waals surface area contributed by atoms with Gasteiger partial charge in [0.2, 0.25) is 0 Å². The summed E-state index contributed by atoms with van der Waals surface area (Å²) in [7, 11) is 3.52. The van der Waals surface area contributed by atoms with Crippen molar-refractivity contribution in [2.45, 2.75) is 18.9 Å². The predicted molar refractivity (Wildman–Crippen MR) is 96.5 cm³/mol. The Morgan fingerprint density at radius 3 is 2.70 bits per heavy atom. The Balaban J connectivity index is 0.00000192. The van der Waals surface area contributed by atoms with Crippen LogP contribution < -0.4 is 10.6 Å². The van der Waals surface area contributed by atoms with Crippen molar-refractivity contribution in [3.05, 3.63) is 36.0 Å². The maximum absolute atomic E-state index is 12.3. The molecular weight excluding hydrogens is 312 g/mol. The minimum atomic E-state index is -0.0166. The number of anilines is 1. The van der Waals surface area contributed by atoms with Crippen LogP contribution >= 0.6 is 12.4 Å². The van der Waals surface area contributed by atoms with Crippen LogP contribution in [0.3, 0.4) is 0 Å². The van der Waals surface area contributed by atoms with E-state index in [1.165, 1.54) is 0 Å². The number of aromatic nitrogens is 1. The standard InChI is InChI=1S/C17H22N4O.ClH/c1-21(2)17(22)14-5-6-15(13-4-3-9-19-16(13)14)20-12-7-10-18-11-8-12;/h3-6,9,12,18,20H,7-8,10-11H2,1-2H3;1H. The molecule has 3 rings (SSSR count). The average molecular weight is 335 g/mol. The Labute approximate surface area is 142 Å². The molecule has 1 aromatic carbocycles. The molecule has 23 heavy (non-hydrogen) atoms. The van der Waals surface area contributed by atoms with E-state index < -0.39 is 0 Å². The summed E-state index contributed by atoms with van der Waals surface area (Å²) >= 11 is 0. The highest BCUT2D eigenvalue weighted by Crippen LogP contribution is 2.27. The van der Waals surface area contributed by atoms with E-state index >= 15 is 0 Å². The zero-order valence-electron chi connectivity index (χ0n) is 13.5. The molecule has 0 aliphatic carbocycles. The molecule has 2 aromatic rings. The van der Waals surface area contributed by atoms with Gasteiger partial charge in [0.05, 0.1) is 11.1 Å². The zero-order valence-corrected chi connectivity index (χ0v) is 14.3. The van der Waals surface area contributed by atoms with E-state index in [1.54, 1.807) is 25.2 Å². The van der Waals surface area contributed by atoms with E-state index in [2.05, 4.69) is 15.6 Å². The van der Waals surface area contributed by atoms with Gasteiger partial charge >= 0.3 is 0 Å². The van der Waals surface area contributed by atoms with Crippen LogP contribution in [-0.2, 0) is 0 Å². The van der Waals surface area contributed by atoms with Crippen molar-refractivity contribution >= 4 is 34.9 Å². The summed E-state index contributed by atoms with van der Waals surface area (Å²) in [6.45, 7) is 2.09. The molecule has 0 saturated carbocycles. The fourth-order valence-electron chi connectivity index (χ4n) is 2.90. The predicted octanol–water partition coefficient (Wildman–Crippen LogP) is 2.52. The van der Waals surface area contributed by atoms with E-state index in [1.807, 2.05) is 24.3 Å². The third-order valence-corrected chi connectivity index (χ3v) is 4.11. The molecule has 1 saturated heterocycles. The highest BCUT2D eigenvalue weighted by atomic mass is 35.5. The molecule has 5 nitrogen and oxygen atoms in total. The van der Waals surface area contributed by atoms with Crippen LogP contribution in [0.1, 0.15) is 23.2 Å². The molecule has 124 valence electrons. The van der Waals surface area contributed by atoms with Crippen molar-refractivity contribution in [2.75, 3.05) is 32.5 Å². The second kappa shape index (κ2) is 7.62. The number of carbonyl (C=O) groups is 1. The summed E-state index contributed by atoms with van der Waals surface area (Å²) in [5.41, 5.74) is 2.47. The van der Waals surface area contributed by atoms with E-state index in [9.17, 15) is 4.79 Å². The highest BCUT2D eigenvalue weighted by Gasteiger charge is 2.17. The van der Waals surface area contributed by atoms with Gasteiger partial charge in [-0.25, -0.2) is 0 Å². The summed E-state index contributed by atoms with van der Waals surface area (Å²) in [4.78, 5) is 18.3. The van der Waals surface area contributed by atoms with Crippen molar-refractivity contribution in [1.82, 2.24) is 15.2 Å². The number of pyridine rings is 1. The minimum absolute atomic E-state index is 0. The molecular formula is C17H23ClN4O. The summed E-state index contributed by atoms with van der Waals surface area (Å²) in [5.74, 6) is -0.0166. The lowest BCUT2D eigenvalue weighted by Crippen LogP contribution is -2.35. The number of hydrogen-bond acceptors (Lipinski definition) is 4. The number of rotatable bonds is 3. The highest BCUT2D eigenvalue weighted by molar-refractivity contribution is 6.08. The van der Waals surface area contributed by atoms with Crippen LogP contribution in [0.25, 0.3) is 10.9 Å². The minimum Gasteiger partial charge on any atom is -0.382 e. The van der Waals surface area contributed by atoms with Crippen molar-refractivity contribution < 1.29 is 4.79 Å². The monoisotopic (exact) mass is 334 g/mol. The number of benzene rings is 1. The van der Waals surface area contributed by atoms with E-state index in [-0.39, 0.29) is 18.3 Å². The maximum atomic E-state index is 12.3. The molecule has 2 N–H and O–H groups in total. The normalized spacial score (nSPS) is 15.0. The zero-order chi connectivity index (χ0) is 15.5. The molecule has 1 aliphatic heterocycles. The number of amides is 1. The van der Waals surface area contributed by atoms with Crippen LogP contribution in [0.15, 0.2) is 30.5 Å². The number of fused-ring (bicyclic) bond motifs is 1. The van der Waals surface area contributed by atoms with E-state index in [0.717, 1.165) is 42.5 Å². The third-order valence-electron chi connectivity index (χ3n) is 4.11. The average Bonchev–Trinajstić information content (AvgIpc) is 2.55. The Kier molecular flexibility index (Phi) is 5.80. The van der Waals surface area contributed by atoms with Crippen LogP contribution in [-0.4, -0.2) is 49.0 Å². The summed E-state index contributed by atoms with van der Waals surface area (Å²) in [5, 5.41) is 7.99. The first-order chi connectivity index (χ1) is 10.7. The van der Waals surface area contributed by atoms with Gasteiger partial charge in [-0.2, -0.15) is 0 Å². The van der Waals surface area contributed by atoms with Crippen LogP contribution in [0.5, 0.6) is 0 Å². The first-order valence-electron chi connectivity index (χ1n) is 7.73. The fourth-order valence-corrected chi connectivity index (χ4v) is 2.90. The molecule has 1 amide bonds. The number of carbonyl (C=O) groups excluding carboxylic acids is 1. The maximum Gasteiger partial charge on any atom is 0.255 e.